The highest BCUT2D eigenvalue weighted by Gasteiger charge is 2.14. The number of carbonyl (C=O) groups excluding carboxylic acids is 1. The summed E-state index contributed by atoms with van der Waals surface area (Å²) in [6, 6.07) is 15.1. The molecular formula is C24H21FN6O. The van der Waals surface area contributed by atoms with Crippen LogP contribution in [0, 0.1) is 23.6 Å². The number of pyridine rings is 1. The monoisotopic (exact) mass is 428 g/mol. The van der Waals surface area contributed by atoms with Crippen molar-refractivity contribution in [2.24, 2.45) is 0 Å². The number of rotatable bonds is 4. The van der Waals surface area contributed by atoms with Crippen molar-refractivity contribution >= 4 is 22.6 Å². The lowest BCUT2D eigenvalue weighted by atomic mass is 10.0. The van der Waals surface area contributed by atoms with Gasteiger partial charge in [0.2, 0.25) is 0 Å². The van der Waals surface area contributed by atoms with E-state index in [9.17, 15) is 9.18 Å². The fraction of sp³-hybridized carbons (Fsp3) is 0.125. The lowest BCUT2D eigenvalue weighted by molar-refractivity contribution is 0.0959. The quantitative estimate of drug-likeness (QED) is 0.342. The molecule has 0 unspecified atom stereocenters. The van der Waals surface area contributed by atoms with Crippen LogP contribution < -0.4 is 10.8 Å². The second-order valence-electron chi connectivity index (χ2n) is 7.39. The molecule has 1 amide bonds. The van der Waals surface area contributed by atoms with Gasteiger partial charge in [-0.1, -0.05) is 12.1 Å². The van der Waals surface area contributed by atoms with Gasteiger partial charge < -0.3 is 5.32 Å². The van der Waals surface area contributed by atoms with E-state index in [-0.39, 0.29) is 23.3 Å². The van der Waals surface area contributed by atoms with Crippen LogP contribution in [0.1, 0.15) is 21.5 Å². The summed E-state index contributed by atoms with van der Waals surface area (Å²) in [5.74, 6) is -1.06. The van der Waals surface area contributed by atoms with E-state index < -0.39 is 11.7 Å². The highest BCUT2D eigenvalue weighted by molar-refractivity contribution is 5.94. The predicted octanol–water partition coefficient (Wildman–Crippen LogP) is 3.45. The Labute approximate surface area is 183 Å². The maximum atomic E-state index is 14.4. The molecule has 2 aromatic heterocycles. The Balaban J connectivity index is 1.67. The number of nitrogens with one attached hydrogen (secondary N) is 3. The number of hydrogen-bond acceptors (Lipinski definition) is 5. The third kappa shape index (κ3) is 4.02. The van der Waals surface area contributed by atoms with E-state index in [0.717, 1.165) is 22.0 Å². The number of carbonyl (C=O) groups is 1. The number of halogens is 1. The predicted molar refractivity (Wildman–Crippen MR) is 120 cm³/mol. The average Bonchev–Trinajstić information content (AvgIpc) is 2.79. The molecule has 0 aliphatic rings. The van der Waals surface area contributed by atoms with Crippen molar-refractivity contribution in [3.8, 4) is 11.3 Å². The standard InChI is InChI=1S/C24H21FN6O/c1-14-10-21-15(4-3-9-29-21)11-17(14)13-23(27)31-22(26)8-7-20(30-31)16-5-6-18(19(25)12-16)24(32)28-2/h3-12,26-27H,13H2,1-2H3,(H,28,32). The molecule has 0 radical (unpaired) electrons. The smallest absolute Gasteiger partial charge is 0.253 e. The molecular weight excluding hydrogens is 407 g/mol. The van der Waals surface area contributed by atoms with Crippen LogP contribution in [0.25, 0.3) is 22.2 Å². The minimum atomic E-state index is -0.666. The molecule has 160 valence electrons. The maximum absolute atomic E-state index is 14.4. The Morgan fingerprint density at radius 3 is 2.72 bits per heavy atom. The summed E-state index contributed by atoms with van der Waals surface area (Å²) in [6.07, 6.45) is 2.01. The SMILES string of the molecule is CNC(=O)c1ccc(-c2ccc(=N)n(C(=N)Cc3cc4cccnc4cc3C)n2)cc1F. The van der Waals surface area contributed by atoms with Gasteiger partial charge in [-0.3, -0.25) is 20.6 Å². The van der Waals surface area contributed by atoms with E-state index in [2.05, 4.69) is 15.4 Å². The van der Waals surface area contributed by atoms with Crippen LogP contribution >= 0.6 is 0 Å². The minimum Gasteiger partial charge on any atom is -0.355 e. The molecule has 4 rings (SSSR count). The molecule has 3 N–H and O–H groups in total. The number of aromatic nitrogens is 3. The van der Waals surface area contributed by atoms with Crippen molar-refractivity contribution in [2.45, 2.75) is 13.3 Å². The minimum absolute atomic E-state index is 0.0429. The lowest BCUT2D eigenvalue weighted by Crippen LogP contribution is -2.30. The topological polar surface area (TPSA) is 108 Å². The summed E-state index contributed by atoms with van der Waals surface area (Å²) >= 11 is 0. The second kappa shape index (κ2) is 8.50. The Morgan fingerprint density at radius 2 is 1.97 bits per heavy atom. The van der Waals surface area contributed by atoms with Gasteiger partial charge in [0, 0.05) is 30.6 Å². The average molecular weight is 428 g/mol. The lowest BCUT2D eigenvalue weighted by Gasteiger charge is -2.12. The fourth-order valence-corrected chi connectivity index (χ4v) is 3.49. The van der Waals surface area contributed by atoms with E-state index in [4.69, 9.17) is 10.8 Å². The van der Waals surface area contributed by atoms with Crippen LogP contribution in [-0.4, -0.2) is 33.6 Å². The first-order valence-electron chi connectivity index (χ1n) is 9.96. The van der Waals surface area contributed by atoms with Crippen molar-refractivity contribution in [1.82, 2.24) is 20.1 Å². The van der Waals surface area contributed by atoms with Gasteiger partial charge in [0.15, 0.2) is 0 Å². The zero-order valence-electron chi connectivity index (χ0n) is 17.6. The van der Waals surface area contributed by atoms with E-state index in [1.807, 2.05) is 31.2 Å². The van der Waals surface area contributed by atoms with Gasteiger partial charge in [0.1, 0.15) is 17.1 Å². The Kier molecular flexibility index (Phi) is 5.59. The number of hydrogen-bond donors (Lipinski definition) is 3. The zero-order valence-corrected chi connectivity index (χ0v) is 17.6. The van der Waals surface area contributed by atoms with Gasteiger partial charge in [-0.05, 0) is 60.5 Å². The van der Waals surface area contributed by atoms with Crippen LogP contribution in [0.15, 0.2) is 60.8 Å². The maximum Gasteiger partial charge on any atom is 0.253 e. The molecule has 0 atom stereocenters. The summed E-state index contributed by atoms with van der Waals surface area (Å²) in [4.78, 5) is 16.1. The van der Waals surface area contributed by atoms with Crippen LogP contribution in [0.3, 0.4) is 0 Å². The summed E-state index contributed by atoms with van der Waals surface area (Å²) in [7, 11) is 1.44. The molecule has 8 heteroatoms. The van der Waals surface area contributed by atoms with Crippen molar-refractivity contribution in [3.63, 3.8) is 0 Å². The van der Waals surface area contributed by atoms with Crippen LogP contribution in [0.5, 0.6) is 0 Å². The van der Waals surface area contributed by atoms with Crippen molar-refractivity contribution in [2.75, 3.05) is 7.05 Å². The summed E-state index contributed by atoms with van der Waals surface area (Å²) in [6.45, 7) is 1.96. The molecule has 0 bridgehead atoms. The molecule has 0 saturated carbocycles. The van der Waals surface area contributed by atoms with Crippen LogP contribution in [0.2, 0.25) is 0 Å². The van der Waals surface area contributed by atoms with Crippen LogP contribution in [-0.2, 0) is 6.42 Å². The summed E-state index contributed by atoms with van der Waals surface area (Å²) in [5, 5.41) is 24.5. The van der Waals surface area contributed by atoms with E-state index in [1.54, 1.807) is 18.3 Å². The Hall–Kier alpha value is -4.20. The van der Waals surface area contributed by atoms with Crippen molar-refractivity contribution in [1.29, 1.82) is 10.8 Å². The van der Waals surface area contributed by atoms with Crippen molar-refractivity contribution < 1.29 is 9.18 Å². The number of nitrogens with zero attached hydrogens (tertiary/aromatic N) is 3. The molecule has 0 spiro atoms. The van der Waals surface area contributed by atoms with Crippen LogP contribution in [0.4, 0.5) is 4.39 Å². The number of amides is 1. The molecule has 0 fully saturated rings. The second-order valence-corrected chi connectivity index (χ2v) is 7.39. The number of fused-ring (bicyclic) bond motifs is 1. The van der Waals surface area contributed by atoms with Gasteiger partial charge in [-0.2, -0.15) is 5.10 Å². The number of aryl methyl sites for hydroxylation is 1. The van der Waals surface area contributed by atoms with E-state index in [1.165, 1.54) is 29.9 Å². The first-order chi connectivity index (χ1) is 15.4. The molecule has 7 nitrogen and oxygen atoms in total. The van der Waals surface area contributed by atoms with Gasteiger partial charge in [-0.15, -0.1) is 0 Å². The Morgan fingerprint density at radius 1 is 1.16 bits per heavy atom. The van der Waals surface area contributed by atoms with E-state index >= 15 is 0 Å². The largest absolute Gasteiger partial charge is 0.355 e. The molecule has 0 aliphatic heterocycles. The first-order valence-corrected chi connectivity index (χ1v) is 9.96. The molecule has 0 saturated heterocycles. The normalized spacial score (nSPS) is 10.8. The third-order valence-electron chi connectivity index (χ3n) is 5.25. The van der Waals surface area contributed by atoms with Gasteiger partial charge in [0.05, 0.1) is 16.8 Å². The van der Waals surface area contributed by atoms with Crippen molar-refractivity contribution in [3.05, 3.63) is 88.8 Å². The fourth-order valence-electron chi connectivity index (χ4n) is 3.49. The highest BCUT2D eigenvalue weighted by atomic mass is 19.1. The van der Waals surface area contributed by atoms with Gasteiger partial charge in [-0.25, -0.2) is 9.07 Å². The molecule has 2 aromatic carbocycles. The number of benzene rings is 2. The highest BCUT2D eigenvalue weighted by Crippen LogP contribution is 2.21. The van der Waals surface area contributed by atoms with Gasteiger partial charge in [0.25, 0.3) is 5.91 Å². The Bertz CT molecular complexity index is 1430. The summed E-state index contributed by atoms with van der Waals surface area (Å²) < 4.78 is 15.6. The van der Waals surface area contributed by atoms with Gasteiger partial charge >= 0.3 is 0 Å². The first kappa shape index (κ1) is 21.0. The third-order valence-corrected chi connectivity index (χ3v) is 5.25. The van der Waals surface area contributed by atoms with E-state index in [0.29, 0.717) is 11.3 Å². The molecule has 32 heavy (non-hydrogen) atoms. The molecule has 0 aliphatic carbocycles. The molecule has 2 heterocycles. The molecule has 4 aromatic rings. The zero-order chi connectivity index (χ0) is 22.8. The summed E-state index contributed by atoms with van der Waals surface area (Å²) in [5.41, 5.74) is 3.65.